The zero-order valence-corrected chi connectivity index (χ0v) is 25.3. The van der Waals surface area contributed by atoms with Gasteiger partial charge in [0.1, 0.15) is 34.3 Å². The van der Waals surface area contributed by atoms with Gasteiger partial charge in [0.05, 0.1) is 5.69 Å². The molecule has 1 unspecified atom stereocenters. The van der Waals surface area contributed by atoms with Crippen molar-refractivity contribution in [1.29, 1.82) is 0 Å². The standard InChI is InChI=1S/C28H34FIN6O4/c1-16-24(33-25-21(31-16)23(30)34-36(25)20-7-5-6-14-38-20)35-12-10-28(11-13-35)22(32-26(37)40-27(2,3)4)18-15-17(29)8-9-19(18)39-28/h8-9,15,20,22H,5-7,10-14H2,1-4H3,(H,32,37)/t20?,22-/m1/s1. The van der Waals surface area contributed by atoms with Crippen molar-refractivity contribution in [3.8, 4) is 5.75 Å². The lowest BCUT2D eigenvalue weighted by Crippen LogP contribution is -2.54. The predicted molar refractivity (Wildman–Crippen MR) is 155 cm³/mol. The topological polar surface area (TPSA) is 104 Å². The van der Waals surface area contributed by atoms with Gasteiger partial charge in [-0.1, -0.05) is 0 Å². The summed E-state index contributed by atoms with van der Waals surface area (Å²) in [4.78, 5) is 25.0. The minimum atomic E-state index is -0.734. The first-order valence-corrected chi connectivity index (χ1v) is 14.9. The Balaban J connectivity index is 1.27. The molecule has 1 spiro atoms. The highest BCUT2D eigenvalue weighted by atomic mass is 127. The van der Waals surface area contributed by atoms with Gasteiger partial charge < -0.3 is 24.4 Å². The van der Waals surface area contributed by atoms with E-state index in [1.807, 2.05) is 32.4 Å². The van der Waals surface area contributed by atoms with E-state index >= 15 is 0 Å². The normalized spacial score (nSPS) is 22.3. The van der Waals surface area contributed by atoms with Crippen LogP contribution >= 0.6 is 22.6 Å². The van der Waals surface area contributed by atoms with Gasteiger partial charge in [-0.15, -0.1) is 0 Å². The van der Waals surface area contributed by atoms with Crippen LogP contribution in [0.1, 0.15) is 76.4 Å². The van der Waals surface area contributed by atoms with Crippen molar-refractivity contribution < 1.29 is 23.4 Å². The molecule has 2 aromatic heterocycles. The Morgan fingerprint density at radius 3 is 2.70 bits per heavy atom. The van der Waals surface area contributed by atoms with Crippen molar-refractivity contribution in [3.05, 3.63) is 39.0 Å². The fraction of sp³-hybridized carbons (Fsp3) is 0.571. The first-order chi connectivity index (χ1) is 19.0. The summed E-state index contributed by atoms with van der Waals surface area (Å²) in [5, 5.41) is 7.71. The van der Waals surface area contributed by atoms with E-state index in [0.717, 1.165) is 45.6 Å². The molecule has 2 fully saturated rings. The number of aromatic nitrogens is 4. The first-order valence-electron chi connectivity index (χ1n) is 13.8. The monoisotopic (exact) mass is 664 g/mol. The molecule has 5 heterocycles. The average molecular weight is 665 g/mol. The Morgan fingerprint density at radius 2 is 2.00 bits per heavy atom. The zero-order valence-electron chi connectivity index (χ0n) is 23.2. The Labute approximate surface area is 246 Å². The summed E-state index contributed by atoms with van der Waals surface area (Å²) in [5.74, 6) is 1.01. The Bertz CT molecular complexity index is 1440. The third kappa shape index (κ3) is 5.08. The molecule has 12 heteroatoms. The van der Waals surface area contributed by atoms with E-state index in [2.05, 4.69) is 32.8 Å². The fourth-order valence-electron chi connectivity index (χ4n) is 5.93. The van der Waals surface area contributed by atoms with Crippen LogP contribution in [0.15, 0.2) is 18.2 Å². The quantitative estimate of drug-likeness (QED) is 0.363. The number of nitrogens with zero attached hydrogens (tertiary/aromatic N) is 5. The van der Waals surface area contributed by atoms with Crippen LogP contribution in [0.2, 0.25) is 0 Å². The Morgan fingerprint density at radius 1 is 1.23 bits per heavy atom. The van der Waals surface area contributed by atoms with E-state index in [1.165, 1.54) is 12.1 Å². The molecule has 10 nitrogen and oxygen atoms in total. The maximum atomic E-state index is 14.3. The maximum absolute atomic E-state index is 14.3. The highest BCUT2D eigenvalue weighted by Crippen LogP contribution is 2.49. The van der Waals surface area contributed by atoms with Crippen molar-refractivity contribution in [1.82, 2.24) is 25.1 Å². The number of benzene rings is 1. The highest BCUT2D eigenvalue weighted by Gasteiger charge is 2.51. The number of ether oxygens (including phenoxy) is 3. The molecule has 214 valence electrons. The van der Waals surface area contributed by atoms with Crippen LogP contribution in [0.4, 0.5) is 15.0 Å². The maximum Gasteiger partial charge on any atom is 0.408 e. The van der Waals surface area contributed by atoms with E-state index < -0.39 is 23.3 Å². The molecule has 3 aliphatic heterocycles. The Kier molecular flexibility index (Phi) is 7.04. The number of carbonyl (C=O) groups is 1. The van der Waals surface area contributed by atoms with Crippen LogP contribution in [0.3, 0.4) is 0 Å². The zero-order chi connectivity index (χ0) is 28.2. The number of nitrogens with one attached hydrogen (secondary N) is 1. The molecule has 40 heavy (non-hydrogen) atoms. The number of hydrogen-bond acceptors (Lipinski definition) is 8. The summed E-state index contributed by atoms with van der Waals surface area (Å²) in [7, 11) is 0. The summed E-state index contributed by atoms with van der Waals surface area (Å²) in [6, 6.07) is 3.91. The van der Waals surface area contributed by atoms with Gasteiger partial charge in [0.2, 0.25) is 0 Å². The van der Waals surface area contributed by atoms with Gasteiger partial charge in [-0.3, -0.25) is 0 Å². The number of piperidine rings is 1. The predicted octanol–water partition coefficient (Wildman–Crippen LogP) is 5.57. The second-order valence-corrected chi connectivity index (χ2v) is 12.8. The number of anilines is 1. The number of hydrogen-bond donors (Lipinski definition) is 1. The average Bonchev–Trinajstić information content (AvgIpc) is 3.37. The minimum absolute atomic E-state index is 0.139. The van der Waals surface area contributed by atoms with Gasteiger partial charge in [-0.2, -0.15) is 5.10 Å². The van der Waals surface area contributed by atoms with E-state index in [0.29, 0.717) is 43.9 Å². The minimum Gasteiger partial charge on any atom is -0.484 e. The van der Waals surface area contributed by atoms with Crippen LogP contribution in [0.25, 0.3) is 11.2 Å². The molecule has 1 amide bonds. The summed E-state index contributed by atoms with van der Waals surface area (Å²) in [5.41, 5.74) is 1.56. The van der Waals surface area contributed by atoms with Crippen LogP contribution in [0, 0.1) is 16.4 Å². The molecule has 2 atom stereocenters. The molecule has 0 bridgehead atoms. The molecule has 0 saturated carbocycles. The van der Waals surface area contributed by atoms with Gasteiger partial charge >= 0.3 is 6.09 Å². The summed E-state index contributed by atoms with van der Waals surface area (Å²) >= 11 is 2.21. The SMILES string of the molecule is Cc1nc2c(I)nn(C3CCCCO3)c2nc1N1CCC2(CC1)Oc1ccc(F)cc1[C@H]2NC(=O)OC(C)(C)C. The number of aryl methyl sites for hydroxylation is 1. The van der Waals surface area contributed by atoms with Crippen molar-refractivity contribution in [2.24, 2.45) is 0 Å². The smallest absolute Gasteiger partial charge is 0.408 e. The molecule has 2 saturated heterocycles. The van der Waals surface area contributed by atoms with Crippen molar-refractivity contribution in [2.45, 2.75) is 83.3 Å². The van der Waals surface area contributed by atoms with Gasteiger partial charge in [0, 0.05) is 38.1 Å². The molecule has 3 aromatic rings. The number of amides is 1. The first kappa shape index (κ1) is 27.4. The van der Waals surface area contributed by atoms with Crippen molar-refractivity contribution >= 4 is 45.7 Å². The largest absolute Gasteiger partial charge is 0.484 e. The molecule has 6 rings (SSSR count). The van der Waals surface area contributed by atoms with Gasteiger partial charge in [-0.05, 0) is 87.7 Å². The third-order valence-corrected chi connectivity index (χ3v) is 8.48. The van der Waals surface area contributed by atoms with E-state index in [4.69, 9.17) is 29.3 Å². The van der Waals surface area contributed by atoms with Crippen molar-refractivity contribution in [2.75, 3.05) is 24.6 Å². The lowest BCUT2D eigenvalue weighted by atomic mass is 9.82. The van der Waals surface area contributed by atoms with Crippen LogP contribution in [-0.2, 0) is 9.47 Å². The fourth-order valence-corrected chi connectivity index (χ4v) is 6.52. The second kappa shape index (κ2) is 10.3. The van der Waals surface area contributed by atoms with E-state index in [-0.39, 0.29) is 12.0 Å². The highest BCUT2D eigenvalue weighted by molar-refractivity contribution is 14.1. The number of carbonyl (C=O) groups excluding carboxylic acids is 1. The molecule has 3 aliphatic rings. The van der Waals surface area contributed by atoms with Crippen LogP contribution in [-0.4, -0.2) is 56.7 Å². The van der Waals surface area contributed by atoms with Gasteiger partial charge in [0.15, 0.2) is 21.4 Å². The molecule has 0 aliphatic carbocycles. The summed E-state index contributed by atoms with van der Waals surface area (Å²) in [6.07, 6.45) is 3.53. The van der Waals surface area contributed by atoms with E-state index in [1.54, 1.807) is 6.07 Å². The number of rotatable bonds is 3. The van der Waals surface area contributed by atoms with Gasteiger partial charge in [-0.25, -0.2) is 23.8 Å². The van der Waals surface area contributed by atoms with Crippen molar-refractivity contribution in [3.63, 3.8) is 0 Å². The molecular formula is C28H34FIN6O4. The summed E-state index contributed by atoms with van der Waals surface area (Å²) in [6.45, 7) is 9.36. The van der Waals surface area contributed by atoms with Crippen LogP contribution in [0.5, 0.6) is 5.75 Å². The number of halogens is 2. The number of fused-ring (bicyclic) bond motifs is 2. The molecule has 1 aromatic carbocycles. The van der Waals surface area contributed by atoms with Gasteiger partial charge in [0.25, 0.3) is 0 Å². The molecule has 0 radical (unpaired) electrons. The summed E-state index contributed by atoms with van der Waals surface area (Å²) < 4.78 is 35.0. The Hall–Kier alpha value is -2.74. The number of alkyl carbamates (subject to hydrolysis) is 1. The molecule has 1 N–H and O–H groups in total. The third-order valence-electron chi connectivity index (χ3n) is 7.76. The van der Waals surface area contributed by atoms with Crippen LogP contribution < -0.4 is 15.0 Å². The lowest BCUT2D eigenvalue weighted by Gasteiger charge is -2.42. The second-order valence-electron chi connectivity index (χ2n) is 11.8. The molecular weight excluding hydrogens is 630 g/mol. The van der Waals surface area contributed by atoms with E-state index in [9.17, 15) is 9.18 Å². The lowest BCUT2D eigenvalue weighted by molar-refractivity contribution is -0.0372.